The number of nitrogens with one attached hydrogen (secondary N) is 1. The first kappa shape index (κ1) is 19.8. The fourth-order valence-corrected chi connectivity index (χ4v) is 3.54. The summed E-state index contributed by atoms with van der Waals surface area (Å²) in [5.41, 5.74) is 1.60. The number of aryl methyl sites for hydroxylation is 1. The molecule has 3 heterocycles. The molecule has 30 heavy (non-hydrogen) atoms. The fraction of sp³-hybridized carbons (Fsp3) is 0.136. The van der Waals surface area contributed by atoms with Crippen molar-refractivity contribution in [3.8, 4) is 5.75 Å². The van der Waals surface area contributed by atoms with Crippen molar-refractivity contribution in [2.45, 2.75) is 17.5 Å². The first-order valence-corrected chi connectivity index (χ1v) is 10.3. The minimum absolute atomic E-state index is 0.257. The van der Waals surface area contributed by atoms with E-state index >= 15 is 0 Å². The summed E-state index contributed by atoms with van der Waals surface area (Å²) in [6.07, 6.45) is 7.11. The highest BCUT2D eigenvalue weighted by Gasteiger charge is 2.13. The minimum Gasteiger partial charge on any atom is -0.489 e. The largest absolute Gasteiger partial charge is 0.489 e. The van der Waals surface area contributed by atoms with E-state index in [2.05, 4.69) is 15.3 Å². The molecule has 4 rings (SSSR count). The van der Waals surface area contributed by atoms with Gasteiger partial charge in [-0.2, -0.15) is 0 Å². The van der Waals surface area contributed by atoms with E-state index in [0.29, 0.717) is 29.6 Å². The van der Waals surface area contributed by atoms with Crippen molar-refractivity contribution in [3.63, 3.8) is 0 Å². The number of rotatable bonds is 8. The van der Waals surface area contributed by atoms with Crippen LogP contribution in [0, 0.1) is 0 Å². The molecule has 0 atom stereocenters. The number of hydrogen-bond donors (Lipinski definition) is 1. The van der Waals surface area contributed by atoms with Gasteiger partial charge in [0, 0.05) is 49.2 Å². The Labute approximate surface area is 178 Å². The lowest BCUT2D eigenvalue weighted by atomic mass is 10.3. The number of amides is 1. The van der Waals surface area contributed by atoms with Gasteiger partial charge < -0.3 is 19.0 Å². The Morgan fingerprint density at radius 2 is 2.13 bits per heavy atom. The van der Waals surface area contributed by atoms with E-state index in [1.807, 2.05) is 42.1 Å². The molecule has 1 N–H and O–H groups in total. The van der Waals surface area contributed by atoms with Crippen LogP contribution in [0.1, 0.15) is 21.9 Å². The number of aromatic nitrogens is 3. The average molecular weight is 420 g/mol. The first-order chi connectivity index (χ1) is 14.7. The lowest BCUT2D eigenvalue weighted by Gasteiger charge is -2.08. The predicted octanol–water partition coefficient (Wildman–Crippen LogP) is 4.53. The van der Waals surface area contributed by atoms with Crippen LogP contribution in [0.2, 0.25) is 0 Å². The standard InChI is InChI=1S/C22H20N4O3S/c1-26-11-10-24-22(26)30-15-19-7-8-20(29-19)21(27)25-17-5-2-6-18(12-17)28-14-16-4-3-9-23-13-16/h2-13H,14-15H2,1H3,(H,25,27). The summed E-state index contributed by atoms with van der Waals surface area (Å²) in [5, 5.41) is 3.73. The highest BCUT2D eigenvalue weighted by Crippen LogP contribution is 2.23. The third-order valence-corrected chi connectivity index (χ3v) is 5.31. The first-order valence-electron chi connectivity index (χ1n) is 9.29. The van der Waals surface area contributed by atoms with Gasteiger partial charge in [-0.25, -0.2) is 4.98 Å². The van der Waals surface area contributed by atoms with Crippen LogP contribution in [0.15, 0.2) is 82.9 Å². The van der Waals surface area contributed by atoms with E-state index in [4.69, 9.17) is 9.15 Å². The summed E-state index contributed by atoms with van der Waals surface area (Å²) in [7, 11) is 1.94. The molecule has 0 radical (unpaired) electrons. The van der Waals surface area contributed by atoms with Crippen molar-refractivity contribution in [1.29, 1.82) is 0 Å². The van der Waals surface area contributed by atoms with Gasteiger partial charge in [-0.05, 0) is 30.3 Å². The van der Waals surface area contributed by atoms with Gasteiger partial charge in [-0.15, -0.1) is 0 Å². The molecule has 0 aliphatic rings. The minimum atomic E-state index is -0.312. The Morgan fingerprint density at radius 1 is 1.20 bits per heavy atom. The van der Waals surface area contributed by atoms with Crippen molar-refractivity contribution in [1.82, 2.24) is 14.5 Å². The van der Waals surface area contributed by atoms with Crippen molar-refractivity contribution >= 4 is 23.4 Å². The van der Waals surface area contributed by atoms with Crippen LogP contribution in [0.3, 0.4) is 0 Å². The van der Waals surface area contributed by atoms with E-state index in [-0.39, 0.29) is 11.7 Å². The second kappa shape index (κ2) is 9.32. The molecule has 0 saturated heterocycles. The van der Waals surface area contributed by atoms with E-state index < -0.39 is 0 Å². The average Bonchev–Trinajstić information content (AvgIpc) is 3.41. The monoisotopic (exact) mass is 420 g/mol. The van der Waals surface area contributed by atoms with E-state index in [1.165, 1.54) is 0 Å². The third-order valence-electron chi connectivity index (χ3n) is 4.23. The van der Waals surface area contributed by atoms with Gasteiger partial charge >= 0.3 is 0 Å². The number of nitrogens with zero attached hydrogens (tertiary/aromatic N) is 3. The van der Waals surface area contributed by atoms with Gasteiger partial charge in [0.2, 0.25) is 0 Å². The molecule has 0 bridgehead atoms. The van der Waals surface area contributed by atoms with Crippen LogP contribution in [0.5, 0.6) is 5.75 Å². The van der Waals surface area contributed by atoms with Gasteiger partial charge in [-0.3, -0.25) is 9.78 Å². The summed E-state index contributed by atoms with van der Waals surface area (Å²) >= 11 is 1.55. The SMILES string of the molecule is Cn1ccnc1SCc1ccc(C(=O)Nc2cccc(OCc3cccnc3)c2)o1. The smallest absolute Gasteiger partial charge is 0.291 e. The third kappa shape index (κ3) is 5.09. The van der Waals surface area contributed by atoms with E-state index in [0.717, 1.165) is 10.7 Å². The molecular formula is C22H20N4O3S. The van der Waals surface area contributed by atoms with Gasteiger partial charge in [-0.1, -0.05) is 23.9 Å². The highest BCUT2D eigenvalue weighted by molar-refractivity contribution is 7.98. The number of ether oxygens (including phenoxy) is 1. The van der Waals surface area contributed by atoms with Crippen molar-refractivity contribution in [2.24, 2.45) is 7.05 Å². The number of carbonyl (C=O) groups is 1. The maximum atomic E-state index is 12.5. The molecule has 7 nitrogen and oxygen atoms in total. The Morgan fingerprint density at radius 3 is 2.93 bits per heavy atom. The number of pyridine rings is 1. The quantitative estimate of drug-likeness (QED) is 0.422. The lowest BCUT2D eigenvalue weighted by molar-refractivity contribution is 0.0995. The number of benzene rings is 1. The Kier molecular flexibility index (Phi) is 6.14. The summed E-state index contributed by atoms with van der Waals surface area (Å²) in [4.78, 5) is 20.9. The molecule has 0 aliphatic heterocycles. The second-order valence-electron chi connectivity index (χ2n) is 6.51. The molecule has 0 spiro atoms. The van der Waals surface area contributed by atoms with Crippen LogP contribution in [0.4, 0.5) is 5.69 Å². The van der Waals surface area contributed by atoms with Gasteiger partial charge in [0.1, 0.15) is 18.1 Å². The molecule has 0 unspecified atom stereocenters. The summed E-state index contributed by atoms with van der Waals surface area (Å²) < 4.78 is 13.4. The molecule has 0 saturated carbocycles. The normalized spacial score (nSPS) is 10.7. The Hall–Kier alpha value is -3.52. The van der Waals surface area contributed by atoms with Crippen LogP contribution in [-0.4, -0.2) is 20.4 Å². The molecular weight excluding hydrogens is 400 g/mol. The maximum absolute atomic E-state index is 12.5. The molecule has 0 fully saturated rings. The number of furan rings is 1. The number of imidazole rings is 1. The van der Waals surface area contributed by atoms with Gasteiger partial charge in [0.15, 0.2) is 10.9 Å². The van der Waals surface area contributed by atoms with Crippen LogP contribution in [-0.2, 0) is 19.4 Å². The van der Waals surface area contributed by atoms with Crippen molar-refractivity contribution < 1.29 is 13.9 Å². The Bertz CT molecular complexity index is 1120. The van der Waals surface area contributed by atoms with Crippen molar-refractivity contribution in [3.05, 3.63) is 90.4 Å². The highest BCUT2D eigenvalue weighted by atomic mass is 32.2. The van der Waals surface area contributed by atoms with Crippen LogP contribution < -0.4 is 10.1 Å². The predicted molar refractivity (Wildman–Crippen MR) is 114 cm³/mol. The second-order valence-corrected chi connectivity index (χ2v) is 7.45. The molecule has 4 aromatic rings. The molecule has 1 amide bonds. The van der Waals surface area contributed by atoms with Gasteiger partial charge in [0.05, 0.1) is 5.75 Å². The van der Waals surface area contributed by atoms with E-state index in [9.17, 15) is 4.79 Å². The zero-order valence-corrected chi connectivity index (χ0v) is 17.1. The molecule has 3 aromatic heterocycles. The number of hydrogen-bond acceptors (Lipinski definition) is 6. The summed E-state index contributed by atoms with van der Waals surface area (Å²) in [5.74, 6) is 1.90. The Balaban J connectivity index is 1.33. The topological polar surface area (TPSA) is 82.2 Å². The van der Waals surface area contributed by atoms with Crippen LogP contribution >= 0.6 is 11.8 Å². The summed E-state index contributed by atoms with van der Waals surface area (Å²) in [6, 6.07) is 14.5. The maximum Gasteiger partial charge on any atom is 0.291 e. The summed E-state index contributed by atoms with van der Waals surface area (Å²) in [6.45, 7) is 0.403. The van der Waals surface area contributed by atoms with Gasteiger partial charge in [0.25, 0.3) is 5.91 Å². The van der Waals surface area contributed by atoms with E-state index in [1.54, 1.807) is 54.6 Å². The molecule has 8 heteroatoms. The fourth-order valence-electron chi connectivity index (χ4n) is 2.71. The number of carbonyl (C=O) groups excluding carboxylic acids is 1. The van der Waals surface area contributed by atoms with Crippen LogP contribution in [0.25, 0.3) is 0 Å². The lowest BCUT2D eigenvalue weighted by Crippen LogP contribution is -2.10. The zero-order valence-electron chi connectivity index (χ0n) is 16.3. The molecule has 152 valence electrons. The molecule has 0 aliphatic carbocycles. The number of anilines is 1. The number of thioether (sulfide) groups is 1. The van der Waals surface area contributed by atoms with Crippen molar-refractivity contribution in [2.75, 3.05) is 5.32 Å². The molecule has 1 aromatic carbocycles. The zero-order chi connectivity index (χ0) is 20.8.